The first-order valence-electron chi connectivity index (χ1n) is 8.30. The molecule has 0 bridgehead atoms. The maximum absolute atomic E-state index is 12.4. The monoisotopic (exact) mass is 386 g/mol. The summed E-state index contributed by atoms with van der Waals surface area (Å²) in [7, 11) is 1.61. The predicted molar refractivity (Wildman–Crippen MR) is 98.2 cm³/mol. The maximum atomic E-state index is 12.4. The average Bonchev–Trinajstić information content (AvgIpc) is 3.26. The number of carbonyl (C=O) groups excluding carboxylic acids is 4. The molecule has 1 aromatic carbocycles. The van der Waals surface area contributed by atoms with Gasteiger partial charge < -0.3 is 9.64 Å². The van der Waals surface area contributed by atoms with E-state index < -0.39 is 30.4 Å². The Morgan fingerprint density at radius 3 is 2.30 bits per heavy atom. The van der Waals surface area contributed by atoms with Crippen LogP contribution >= 0.6 is 11.3 Å². The predicted octanol–water partition coefficient (Wildman–Crippen LogP) is 1.93. The van der Waals surface area contributed by atoms with E-state index in [2.05, 4.69) is 0 Å². The first-order valence-corrected chi connectivity index (χ1v) is 9.18. The van der Waals surface area contributed by atoms with Gasteiger partial charge in [0, 0.05) is 11.9 Å². The normalized spacial score (nSPS) is 14.1. The minimum Gasteiger partial charge on any atom is -0.454 e. The van der Waals surface area contributed by atoms with Crippen LogP contribution < -0.4 is 0 Å². The van der Waals surface area contributed by atoms with Gasteiger partial charge in [0.05, 0.1) is 17.7 Å². The van der Waals surface area contributed by atoms with Crippen LogP contribution in [0, 0.1) is 0 Å². The molecule has 1 aliphatic heterocycles. The Kier molecular flexibility index (Phi) is 5.36. The Morgan fingerprint density at radius 2 is 1.74 bits per heavy atom. The second kappa shape index (κ2) is 7.71. The molecule has 0 saturated carbocycles. The molecule has 2 aromatic rings. The van der Waals surface area contributed by atoms with Crippen molar-refractivity contribution in [3.63, 3.8) is 0 Å². The molecule has 0 aliphatic carbocycles. The molecule has 3 rings (SSSR count). The van der Waals surface area contributed by atoms with Gasteiger partial charge in [-0.15, -0.1) is 11.3 Å². The van der Waals surface area contributed by atoms with Crippen molar-refractivity contribution in [1.29, 1.82) is 0 Å². The van der Waals surface area contributed by atoms with Crippen molar-refractivity contribution in [2.45, 2.75) is 19.5 Å². The number of hydrogen-bond acceptors (Lipinski definition) is 6. The Morgan fingerprint density at radius 1 is 1.11 bits per heavy atom. The summed E-state index contributed by atoms with van der Waals surface area (Å²) in [6.07, 6.45) is 0. The molecule has 8 heteroatoms. The topological polar surface area (TPSA) is 84.0 Å². The molecule has 0 spiro atoms. The zero-order valence-electron chi connectivity index (χ0n) is 14.9. The van der Waals surface area contributed by atoms with E-state index in [4.69, 9.17) is 4.74 Å². The van der Waals surface area contributed by atoms with Gasteiger partial charge in [-0.05, 0) is 30.5 Å². The Bertz CT molecular complexity index is 858. The number of likely N-dealkylation sites (N-methyl/N-ethyl adjacent to an activating group) is 1. The molecule has 0 fully saturated rings. The fourth-order valence-corrected chi connectivity index (χ4v) is 3.51. The summed E-state index contributed by atoms with van der Waals surface area (Å²) in [5.41, 5.74) is 0.516. The van der Waals surface area contributed by atoms with Gasteiger partial charge in [-0.3, -0.25) is 19.3 Å². The fourth-order valence-electron chi connectivity index (χ4n) is 2.75. The Balaban J connectivity index is 1.57. The molecule has 0 N–H and O–H groups in total. The molecule has 140 valence electrons. The van der Waals surface area contributed by atoms with Gasteiger partial charge in [0.1, 0.15) is 6.04 Å². The quantitative estimate of drug-likeness (QED) is 0.560. The van der Waals surface area contributed by atoms with Gasteiger partial charge in [0.2, 0.25) is 0 Å². The van der Waals surface area contributed by atoms with Crippen molar-refractivity contribution in [2.75, 3.05) is 13.7 Å². The highest BCUT2D eigenvalue weighted by Gasteiger charge is 2.41. The zero-order valence-corrected chi connectivity index (χ0v) is 15.7. The summed E-state index contributed by atoms with van der Waals surface area (Å²) in [6.45, 7) is 1.38. The summed E-state index contributed by atoms with van der Waals surface area (Å²) < 4.78 is 5.04. The second-order valence-corrected chi connectivity index (χ2v) is 7.17. The highest BCUT2D eigenvalue weighted by molar-refractivity contribution is 7.09. The third kappa shape index (κ3) is 3.75. The molecular weight excluding hydrogens is 368 g/mol. The molecule has 1 unspecified atom stereocenters. The van der Waals surface area contributed by atoms with Crippen molar-refractivity contribution in [3.8, 4) is 0 Å². The number of nitrogens with zero attached hydrogens (tertiary/aromatic N) is 2. The Labute approximate surface area is 160 Å². The van der Waals surface area contributed by atoms with Crippen LogP contribution in [0.1, 0.15) is 32.5 Å². The minimum absolute atomic E-state index is 0.258. The molecule has 27 heavy (non-hydrogen) atoms. The summed E-state index contributed by atoms with van der Waals surface area (Å²) >= 11 is 1.53. The van der Waals surface area contributed by atoms with E-state index in [1.807, 2.05) is 17.5 Å². The number of rotatable bonds is 6. The number of ether oxygens (including phenoxy) is 1. The third-order valence-corrected chi connectivity index (χ3v) is 5.15. The lowest BCUT2D eigenvalue weighted by Crippen LogP contribution is -2.44. The summed E-state index contributed by atoms with van der Waals surface area (Å²) in [5.74, 6) is -2.25. The van der Waals surface area contributed by atoms with Gasteiger partial charge in [-0.25, -0.2) is 4.79 Å². The third-order valence-electron chi connectivity index (χ3n) is 4.29. The molecule has 7 nitrogen and oxygen atoms in total. The van der Waals surface area contributed by atoms with E-state index in [9.17, 15) is 19.2 Å². The largest absolute Gasteiger partial charge is 0.454 e. The van der Waals surface area contributed by atoms with Crippen molar-refractivity contribution < 1.29 is 23.9 Å². The van der Waals surface area contributed by atoms with Gasteiger partial charge in [-0.2, -0.15) is 0 Å². The van der Waals surface area contributed by atoms with Crippen LogP contribution in [0.4, 0.5) is 0 Å². The first-order chi connectivity index (χ1) is 12.9. The highest BCUT2D eigenvalue weighted by Crippen LogP contribution is 2.24. The van der Waals surface area contributed by atoms with Gasteiger partial charge in [0.15, 0.2) is 6.61 Å². The van der Waals surface area contributed by atoms with Crippen LogP contribution in [0.2, 0.25) is 0 Å². The summed E-state index contributed by atoms with van der Waals surface area (Å²) in [5, 5.41) is 1.91. The van der Waals surface area contributed by atoms with E-state index in [1.54, 1.807) is 19.2 Å². The zero-order chi connectivity index (χ0) is 19.6. The van der Waals surface area contributed by atoms with Crippen molar-refractivity contribution in [1.82, 2.24) is 9.80 Å². The van der Waals surface area contributed by atoms with E-state index in [1.165, 1.54) is 35.3 Å². The lowest BCUT2D eigenvalue weighted by atomic mass is 10.1. The number of esters is 1. The number of amides is 3. The van der Waals surface area contributed by atoms with Crippen LogP contribution in [-0.4, -0.2) is 53.2 Å². The molecule has 0 saturated heterocycles. The van der Waals surface area contributed by atoms with Crippen LogP contribution in [0.5, 0.6) is 0 Å². The molecule has 1 aliphatic rings. The van der Waals surface area contributed by atoms with Crippen LogP contribution in [0.25, 0.3) is 0 Å². The number of carbonyl (C=O) groups is 4. The lowest BCUT2D eigenvalue weighted by Gasteiger charge is -2.21. The van der Waals surface area contributed by atoms with Crippen molar-refractivity contribution in [3.05, 3.63) is 57.8 Å². The van der Waals surface area contributed by atoms with Crippen molar-refractivity contribution >= 4 is 35.0 Å². The molecule has 1 aromatic heterocycles. The van der Waals surface area contributed by atoms with Crippen LogP contribution in [-0.2, 0) is 20.9 Å². The van der Waals surface area contributed by atoms with Crippen molar-refractivity contribution in [2.24, 2.45) is 0 Å². The van der Waals surface area contributed by atoms with E-state index in [0.29, 0.717) is 6.54 Å². The number of hydrogen-bond donors (Lipinski definition) is 0. The number of thiophene rings is 1. The van der Waals surface area contributed by atoms with Gasteiger partial charge in [-0.1, -0.05) is 18.2 Å². The molecule has 0 radical (unpaired) electrons. The molecule has 1 atom stereocenters. The van der Waals surface area contributed by atoms with Gasteiger partial charge in [0.25, 0.3) is 17.7 Å². The average molecular weight is 386 g/mol. The molecule has 2 heterocycles. The van der Waals surface area contributed by atoms with Crippen LogP contribution in [0.3, 0.4) is 0 Å². The lowest BCUT2D eigenvalue weighted by molar-refractivity contribution is -0.154. The maximum Gasteiger partial charge on any atom is 0.329 e. The second-order valence-electron chi connectivity index (χ2n) is 6.14. The summed E-state index contributed by atoms with van der Waals surface area (Å²) in [4.78, 5) is 52.5. The smallest absolute Gasteiger partial charge is 0.329 e. The minimum atomic E-state index is -1.12. The van der Waals surface area contributed by atoms with E-state index in [0.717, 1.165) is 9.78 Å². The molecule has 3 amide bonds. The Hall–Kier alpha value is -3.00. The summed E-state index contributed by atoms with van der Waals surface area (Å²) in [6, 6.07) is 9.06. The number of imide groups is 1. The van der Waals surface area contributed by atoms with E-state index in [-0.39, 0.29) is 17.0 Å². The highest BCUT2D eigenvalue weighted by atomic mass is 32.1. The first kappa shape index (κ1) is 18.8. The fraction of sp³-hybridized carbons (Fsp3) is 0.263. The molecular formula is C19H18N2O5S. The van der Waals surface area contributed by atoms with Gasteiger partial charge >= 0.3 is 5.97 Å². The van der Waals surface area contributed by atoms with E-state index >= 15 is 0 Å². The van der Waals surface area contributed by atoms with Crippen LogP contribution in [0.15, 0.2) is 41.8 Å². The number of fused-ring (bicyclic) bond motifs is 1. The standard InChI is InChI=1S/C19H18N2O5S/c1-12(21-17(23)14-7-3-4-8-15(14)18(21)24)19(25)26-11-16(22)20(2)10-13-6-5-9-27-13/h3-9,12H,10-11H2,1-2H3. The number of benzene rings is 1. The SMILES string of the molecule is CC(C(=O)OCC(=O)N(C)Cc1cccs1)N1C(=O)c2ccccc2C1=O.